The van der Waals surface area contributed by atoms with E-state index in [2.05, 4.69) is 21.2 Å². The van der Waals surface area contributed by atoms with Crippen molar-refractivity contribution in [3.05, 3.63) is 75.6 Å². The SMILES string of the molecule is O=C(Nc1cccc(O)c1)c1ccc(COc2ccc(Br)cc2Cl)o1. The fraction of sp³-hybridized carbons (Fsp3) is 0.0556. The summed E-state index contributed by atoms with van der Waals surface area (Å²) in [4.78, 5) is 12.2. The van der Waals surface area contributed by atoms with Crippen molar-refractivity contribution in [2.45, 2.75) is 6.61 Å². The van der Waals surface area contributed by atoms with Gasteiger partial charge in [-0.1, -0.05) is 33.6 Å². The van der Waals surface area contributed by atoms with Crippen LogP contribution in [0.3, 0.4) is 0 Å². The number of benzene rings is 2. The minimum absolute atomic E-state index is 0.0673. The normalized spacial score (nSPS) is 10.5. The van der Waals surface area contributed by atoms with Gasteiger partial charge in [-0.05, 0) is 42.5 Å². The number of anilines is 1. The number of ether oxygens (including phenoxy) is 1. The van der Waals surface area contributed by atoms with Crippen molar-refractivity contribution in [2.75, 3.05) is 5.32 Å². The predicted molar refractivity (Wildman–Crippen MR) is 98.3 cm³/mol. The summed E-state index contributed by atoms with van der Waals surface area (Å²) in [6.07, 6.45) is 0. The fourth-order valence-corrected chi connectivity index (χ4v) is 2.82. The third-order valence-electron chi connectivity index (χ3n) is 3.25. The van der Waals surface area contributed by atoms with Gasteiger partial charge in [0.15, 0.2) is 5.76 Å². The molecule has 1 amide bonds. The van der Waals surface area contributed by atoms with Crippen molar-refractivity contribution < 1.29 is 19.1 Å². The molecule has 0 radical (unpaired) electrons. The molecule has 5 nitrogen and oxygen atoms in total. The van der Waals surface area contributed by atoms with Gasteiger partial charge in [0.2, 0.25) is 0 Å². The fourth-order valence-electron chi connectivity index (χ4n) is 2.10. The van der Waals surface area contributed by atoms with E-state index in [0.29, 0.717) is 22.2 Å². The van der Waals surface area contributed by atoms with E-state index < -0.39 is 5.91 Å². The summed E-state index contributed by atoms with van der Waals surface area (Å²) in [6.45, 7) is 0.140. The van der Waals surface area contributed by atoms with Crippen molar-refractivity contribution >= 4 is 39.1 Å². The lowest BCUT2D eigenvalue weighted by Crippen LogP contribution is -2.10. The van der Waals surface area contributed by atoms with E-state index in [1.165, 1.54) is 12.1 Å². The molecule has 3 rings (SSSR count). The van der Waals surface area contributed by atoms with Crippen LogP contribution >= 0.6 is 27.5 Å². The summed E-state index contributed by atoms with van der Waals surface area (Å²) in [5.41, 5.74) is 0.473. The quantitative estimate of drug-likeness (QED) is 0.590. The van der Waals surface area contributed by atoms with Crippen LogP contribution in [0.4, 0.5) is 5.69 Å². The van der Waals surface area contributed by atoms with Gasteiger partial charge in [0, 0.05) is 16.2 Å². The van der Waals surface area contributed by atoms with Crippen LogP contribution in [0.5, 0.6) is 11.5 Å². The predicted octanol–water partition coefficient (Wildman–Crippen LogP) is 5.23. The number of furan rings is 1. The summed E-state index contributed by atoms with van der Waals surface area (Å²) in [7, 11) is 0. The first-order valence-electron chi connectivity index (χ1n) is 7.28. The van der Waals surface area contributed by atoms with Crippen LogP contribution in [0.15, 0.2) is 63.5 Å². The standard InChI is InChI=1S/C18H13BrClNO4/c19-11-4-6-16(15(20)8-11)24-10-14-5-7-17(25-14)18(23)21-12-2-1-3-13(22)9-12/h1-9,22H,10H2,(H,21,23). The Morgan fingerprint density at radius 2 is 2.04 bits per heavy atom. The summed E-state index contributed by atoms with van der Waals surface area (Å²) >= 11 is 9.41. The average molecular weight is 423 g/mol. The number of hydrogen-bond donors (Lipinski definition) is 2. The van der Waals surface area contributed by atoms with Gasteiger partial charge in [-0.2, -0.15) is 0 Å². The highest BCUT2D eigenvalue weighted by molar-refractivity contribution is 9.10. The van der Waals surface area contributed by atoms with Crippen LogP contribution in [0.25, 0.3) is 0 Å². The summed E-state index contributed by atoms with van der Waals surface area (Å²) < 4.78 is 11.9. The Kier molecular flexibility index (Phi) is 5.31. The Balaban J connectivity index is 1.62. The van der Waals surface area contributed by atoms with Gasteiger partial charge in [0.05, 0.1) is 5.02 Å². The number of rotatable bonds is 5. The first kappa shape index (κ1) is 17.4. The van der Waals surface area contributed by atoms with E-state index in [9.17, 15) is 9.90 Å². The van der Waals surface area contributed by atoms with Crippen molar-refractivity contribution in [3.8, 4) is 11.5 Å². The number of carbonyl (C=O) groups excluding carboxylic acids is 1. The molecule has 0 aliphatic carbocycles. The number of halogens is 2. The Morgan fingerprint density at radius 3 is 2.80 bits per heavy atom. The smallest absolute Gasteiger partial charge is 0.291 e. The maximum Gasteiger partial charge on any atom is 0.291 e. The van der Waals surface area contributed by atoms with Crippen molar-refractivity contribution in [1.29, 1.82) is 0 Å². The highest BCUT2D eigenvalue weighted by atomic mass is 79.9. The molecule has 2 N–H and O–H groups in total. The zero-order chi connectivity index (χ0) is 17.8. The van der Waals surface area contributed by atoms with Gasteiger partial charge >= 0.3 is 0 Å². The molecule has 0 aliphatic rings. The van der Waals surface area contributed by atoms with Crippen LogP contribution in [0, 0.1) is 0 Å². The molecule has 0 atom stereocenters. The number of amides is 1. The molecule has 0 saturated carbocycles. The molecule has 7 heteroatoms. The van der Waals surface area contributed by atoms with Crippen LogP contribution in [-0.4, -0.2) is 11.0 Å². The average Bonchev–Trinajstić information content (AvgIpc) is 3.03. The first-order valence-corrected chi connectivity index (χ1v) is 8.45. The van der Waals surface area contributed by atoms with E-state index in [4.69, 9.17) is 20.8 Å². The molecule has 0 bridgehead atoms. The molecule has 2 aromatic carbocycles. The van der Waals surface area contributed by atoms with Gasteiger partial charge in [-0.3, -0.25) is 4.79 Å². The molecule has 3 aromatic rings. The molecule has 25 heavy (non-hydrogen) atoms. The largest absolute Gasteiger partial charge is 0.508 e. The molecule has 128 valence electrons. The van der Waals surface area contributed by atoms with Crippen molar-refractivity contribution in [1.82, 2.24) is 0 Å². The Bertz CT molecular complexity index is 910. The van der Waals surface area contributed by atoms with E-state index in [0.717, 1.165) is 4.47 Å². The first-order chi connectivity index (χ1) is 12.0. The molecular weight excluding hydrogens is 410 g/mol. The number of carbonyl (C=O) groups is 1. The Labute approximate surface area is 157 Å². The zero-order valence-corrected chi connectivity index (χ0v) is 15.2. The number of aromatic hydroxyl groups is 1. The molecule has 0 saturated heterocycles. The van der Waals surface area contributed by atoms with Gasteiger partial charge in [-0.25, -0.2) is 0 Å². The Hall–Kier alpha value is -2.44. The summed E-state index contributed by atoms with van der Waals surface area (Å²) in [5, 5.41) is 12.5. The number of hydrogen-bond acceptors (Lipinski definition) is 4. The molecule has 0 fully saturated rings. The monoisotopic (exact) mass is 421 g/mol. The lowest BCUT2D eigenvalue weighted by molar-refractivity contribution is 0.0992. The minimum atomic E-state index is -0.418. The van der Waals surface area contributed by atoms with Crippen LogP contribution in [-0.2, 0) is 6.61 Å². The highest BCUT2D eigenvalue weighted by Gasteiger charge is 2.12. The minimum Gasteiger partial charge on any atom is -0.508 e. The topological polar surface area (TPSA) is 71.7 Å². The lowest BCUT2D eigenvalue weighted by atomic mass is 10.3. The maximum atomic E-state index is 12.2. The molecule has 1 aromatic heterocycles. The number of phenols is 1. The van der Waals surface area contributed by atoms with E-state index in [1.807, 2.05) is 6.07 Å². The lowest BCUT2D eigenvalue weighted by Gasteiger charge is -2.06. The summed E-state index contributed by atoms with van der Waals surface area (Å²) in [6, 6.07) is 14.8. The van der Waals surface area contributed by atoms with Crippen LogP contribution in [0.2, 0.25) is 5.02 Å². The molecule has 0 aliphatic heterocycles. The van der Waals surface area contributed by atoms with Gasteiger partial charge in [0.25, 0.3) is 5.91 Å². The third-order valence-corrected chi connectivity index (χ3v) is 4.04. The maximum absolute atomic E-state index is 12.2. The third kappa shape index (κ3) is 4.55. The molecule has 0 unspecified atom stereocenters. The van der Waals surface area contributed by atoms with Crippen molar-refractivity contribution in [2.24, 2.45) is 0 Å². The van der Waals surface area contributed by atoms with Gasteiger partial charge < -0.3 is 19.6 Å². The molecule has 1 heterocycles. The highest BCUT2D eigenvalue weighted by Crippen LogP contribution is 2.28. The Morgan fingerprint density at radius 1 is 1.20 bits per heavy atom. The van der Waals surface area contributed by atoms with E-state index in [1.54, 1.807) is 36.4 Å². The number of nitrogens with one attached hydrogen (secondary N) is 1. The van der Waals surface area contributed by atoms with Gasteiger partial charge in [-0.15, -0.1) is 0 Å². The van der Waals surface area contributed by atoms with E-state index in [-0.39, 0.29) is 18.1 Å². The second-order valence-electron chi connectivity index (χ2n) is 5.13. The van der Waals surface area contributed by atoms with Crippen LogP contribution in [0.1, 0.15) is 16.3 Å². The molecular formula is C18H13BrClNO4. The van der Waals surface area contributed by atoms with E-state index >= 15 is 0 Å². The summed E-state index contributed by atoms with van der Waals surface area (Å²) in [5.74, 6) is 0.798. The van der Waals surface area contributed by atoms with Crippen molar-refractivity contribution in [3.63, 3.8) is 0 Å². The van der Waals surface area contributed by atoms with Crippen LogP contribution < -0.4 is 10.1 Å². The second kappa shape index (κ2) is 7.63. The second-order valence-corrected chi connectivity index (χ2v) is 6.46. The zero-order valence-electron chi connectivity index (χ0n) is 12.8. The number of phenolic OH excluding ortho intramolecular Hbond substituents is 1. The molecule has 0 spiro atoms. The van der Waals surface area contributed by atoms with Gasteiger partial charge in [0.1, 0.15) is 23.9 Å².